The third-order valence-corrected chi connectivity index (χ3v) is 3.86. The van der Waals surface area contributed by atoms with E-state index < -0.39 is 109 Å². The van der Waals surface area contributed by atoms with Crippen molar-refractivity contribution in [3.05, 3.63) is 0 Å². The molecule has 0 aliphatic rings. The summed E-state index contributed by atoms with van der Waals surface area (Å²) in [5.74, 6) is -15.1. The van der Waals surface area contributed by atoms with Gasteiger partial charge in [0, 0.05) is 75.5 Å². The Balaban J connectivity index is -0.000000154. The summed E-state index contributed by atoms with van der Waals surface area (Å²) in [6, 6.07) is 0. The topological polar surface area (TPSA) is 396 Å². The second-order valence-corrected chi connectivity index (χ2v) is 7.43. The van der Waals surface area contributed by atoms with Gasteiger partial charge in [-0.25, -0.2) is 14.4 Å². The number of carboxylic acid groups (broad SMARTS) is 9. The van der Waals surface area contributed by atoms with E-state index in [0.717, 1.165) is 0 Å². The molecule has 0 aromatic heterocycles. The number of carbonyl (C=O) groups is 9. The van der Waals surface area contributed by atoms with Gasteiger partial charge < -0.3 is 61.3 Å². The third kappa shape index (κ3) is 22.9. The molecule has 0 aromatic carbocycles. The van der Waals surface area contributed by atoms with Crippen molar-refractivity contribution >= 4 is 129 Å². The standard InChI is InChI=1S/3C6H8O7.2Ca/c3*7-3(8)1-6(13,5(11)12)2-4(9)10;;/h3*13H,1-2H2,(H,7,8)(H,9,10)(H,11,12);;. The molecule has 0 heterocycles. The quantitative estimate of drug-likeness (QED) is 0.0738. The van der Waals surface area contributed by atoms with Crippen molar-refractivity contribution < 1.29 is 104 Å². The fraction of sp³-hybridized carbons (Fsp3) is 0.500. The fourth-order valence-electron chi connectivity index (χ4n) is 2.14. The van der Waals surface area contributed by atoms with E-state index >= 15 is 0 Å². The predicted molar refractivity (Wildman–Crippen MR) is 123 cm³/mol. The second kappa shape index (κ2) is 21.3. The van der Waals surface area contributed by atoms with Crippen molar-refractivity contribution in [3.8, 4) is 0 Å². The van der Waals surface area contributed by atoms with Gasteiger partial charge in [-0.2, -0.15) is 0 Å². The number of aliphatic hydroxyl groups is 3. The van der Waals surface area contributed by atoms with Crippen molar-refractivity contribution in [1.82, 2.24) is 0 Å². The first kappa shape index (κ1) is 48.4. The molecule has 0 bridgehead atoms. The molecular weight excluding hydrogens is 632 g/mol. The zero-order valence-electron chi connectivity index (χ0n) is 20.7. The second-order valence-electron chi connectivity index (χ2n) is 7.43. The van der Waals surface area contributed by atoms with Gasteiger partial charge in [-0.1, -0.05) is 0 Å². The van der Waals surface area contributed by atoms with Crippen LogP contribution >= 0.6 is 0 Å². The van der Waals surface area contributed by atoms with Crippen LogP contribution in [-0.2, 0) is 43.2 Å². The first-order valence-electron chi connectivity index (χ1n) is 9.51. The summed E-state index contributed by atoms with van der Waals surface area (Å²) in [6.07, 6.45) is -6.87. The maximum atomic E-state index is 10.3. The van der Waals surface area contributed by atoms with Crippen LogP contribution in [-0.4, -0.2) is 207 Å². The molecule has 0 saturated heterocycles. The van der Waals surface area contributed by atoms with Crippen LogP contribution in [0.5, 0.6) is 0 Å². The number of hydrogen-bond donors (Lipinski definition) is 12. The predicted octanol–water partition coefficient (Wildman–Crippen LogP) is -4.51. The van der Waals surface area contributed by atoms with Gasteiger partial charge in [0.25, 0.3) is 0 Å². The number of carboxylic acids is 9. The normalized spacial score (nSPS) is 10.3. The van der Waals surface area contributed by atoms with Crippen molar-refractivity contribution in [2.24, 2.45) is 0 Å². The Bertz CT molecular complexity index is 817. The summed E-state index contributed by atoms with van der Waals surface area (Å²) in [6.45, 7) is 0. The van der Waals surface area contributed by atoms with Gasteiger partial charge in [0.1, 0.15) is 0 Å². The SMILES string of the molecule is O=C(O)CC(O)(CC(=O)O)C(=O)O.O=C(O)CC(O)(CC(=O)O)C(=O)O.O=C(O)CC(O)(CC(=O)O)C(=O)O.[Ca].[Ca]. The fourth-order valence-corrected chi connectivity index (χ4v) is 2.14. The molecular formula is C18H24Ca2O21. The number of rotatable bonds is 15. The molecule has 0 aliphatic heterocycles. The number of aliphatic carboxylic acids is 9. The van der Waals surface area contributed by atoms with Gasteiger partial charge in [0.05, 0.1) is 38.5 Å². The van der Waals surface area contributed by atoms with Gasteiger partial charge in [0.2, 0.25) is 0 Å². The third-order valence-electron chi connectivity index (χ3n) is 3.86. The summed E-state index contributed by atoms with van der Waals surface area (Å²) in [5, 5.41) is 101. The van der Waals surface area contributed by atoms with Crippen molar-refractivity contribution in [2.75, 3.05) is 0 Å². The van der Waals surface area contributed by atoms with E-state index in [4.69, 9.17) is 61.3 Å². The van der Waals surface area contributed by atoms with E-state index in [9.17, 15) is 43.2 Å². The Kier molecular flexibility index (Phi) is 25.2. The molecule has 21 nitrogen and oxygen atoms in total. The van der Waals surface area contributed by atoms with Crippen LogP contribution < -0.4 is 0 Å². The van der Waals surface area contributed by atoms with E-state index in [1.807, 2.05) is 0 Å². The first-order chi connectivity index (χ1) is 17.3. The molecule has 0 atom stereocenters. The molecule has 0 amide bonds. The van der Waals surface area contributed by atoms with Gasteiger partial charge in [0.15, 0.2) is 16.8 Å². The molecule has 12 N–H and O–H groups in total. The van der Waals surface area contributed by atoms with Crippen molar-refractivity contribution in [1.29, 1.82) is 0 Å². The molecule has 41 heavy (non-hydrogen) atoms. The smallest absolute Gasteiger partial charge is 0.336 e. The van der Waals surface area contributed by atoms with E-state index in [2.05, 4.69) is 0 Å². The average Bonchev–Trinajstić information content (AvgIpc) is 2.64. The minimum atomic E-state index is -2.74. The van der Waals surface area contributed by atoms with Gasteiger partial charge in [-0.15, -0.1) is 0 Å². The van der Waals surface area contributed by atoms with E-state index in [1.54, 1.807) is 0 Å². The maximum Gasteiger partial charge on any atom is 0.336 e. The molecule has 0 saturated carbocycles. The first-order valence-corrected chi connectivity index (χ1v) is 9.51. The van der Waals surface area contributed by atoms with Crippen LogP contribution in [0.15, 0.2) is 0 Å². The largest absolute Gasteiger partial charge is 0.481 e. The zero-order valence-corrected chi connectivity index (χ0v) is 25.1. The molecule has 4 radical (unpaired) electrons. The van der Waals surface area contributed by atoms with Crippen LogP contribution in [0.2, 0.25) is 0 Å². The van der Waals surface area contributed by atoms with Crippen LogP contribution in [0.25, 0.3) is 0 Å². The van der Waals surface area contributed by atoms with E-state index in [1.165, 1.54) is 0 Å². The average molecular weight is 657 g/mol. The van der Waals surface area contributed by atoms with Crippen LogP contribution in [0.4, 0.5) is 0 Å². The molecule has 226 valence electrons. The molecule has 0 unspecified atom stereocenters. The molecule has 0 rings (SSSR count). The molecule has 0 spiro atoms. The van der Waals surface area contributed by atoms with Crippen molar-refractivity contribution in [3.63, 3.8) is 0 Å². The van der Waals surface area contributed by atoms with Crippen LogP contribution in [0.1, 0.15) is 38.5 Å². The van der Waals surface area contributed by atoms with Gasteiger partial charge in [-0.05, 0) is 0 Å². The van der Waals surface area contributed by atoms with Gasteiger partial charge >= 0.3 is 53.7 Å². The Morgan fingerprint density at radius 3 is 0.463 bits per heavy atom. The van der Waals surface area contributed by atoms with Crippen molar-refractivity contribution in [2.45, 2.75) is 55.3 Å². The molecule has 23 heteroatoms. The minimum absolute atomic E-state index is 0. The van der Waals surface area contributed by atoms with E-state index in [-0.39, 0.29) is 75.5 Å². The van der Waals surface area contributed by atoms with Gasteiger partial charge in [-0.3, -0.25) is 28.8 Å². The minimum Gasteiger partial charge on any atom is -0.481 e. The maximum absolute atomic E-state index is 10.3. The van der Waals surface area contributed by atoms with Crippen LogP contribution in [0.3, 0.4) is 0 Å². The zero-order chi connectivity index (χ0) is 31.9. The molecule has 0 aromatic rings. The summed E-state index contributed by atoms with van der Waals surface area (Å²) in [7, 11) is 0. The summed E-state index contributed by atoms with van der Waals surface area (Å²) in [5.41, 5.74) is -8.22. The Morgan fingerprint density at radius 2 is 0.415 bits per heavy atom. The Morgan fingerprint density at radius 1 is 0.317 bits per heavy atom. The summed E-state index contributed by atoms with van der Waals surface area (Å²) >= 11 is 0. The molecule has 0 fully saturated rings. The summed E-state index contributed by atoms with van der Waals surface area (Å²) < 4.78 is 0. The van der Waals surface area contributed by atoms with Crippen LogP contribution in [0, 0.1) is 0 Å². The summed E-state index contributed by atoms with van der Waals surface area (Å²) in [4.78, 5) is 91.5. The Hall–Kier alpha value is -2.37. The molecule has 0 aliphatic carbocycles. The Labute approximate surface area is 286 Å². The monoisotopic (exact) mass is 656 g/mol. The van der Waals surface area contributed by atoms with E-state index in [0.29, 0.717) is 0 Å². The number of hydrogen-bond acceptors (Lipinski definition) is 12.